The second-order valence-corrected chi connectivity index (χ2v) is 8.99. The second kappa shape index (κ2) is 9.83. The zero-order chi connectivity index (χ0) is 26.0. The first-order chi connectivity index (χ1) is 17.9. The van der Waals surface area contributed by atoms with Crippen LogP contribution in [0.3, 0.4) is 0 Å². The van der Waals surface area contributed by atoms with Crippen LogP contribution >= 0.6 is 0 Å². The molecule has 1 unspecified atom stereocenters. The van der Waals surface area contributed by atoms with Gasteiger partial charge in [-0.05, 0) is 42.0 Å². The van der Waals surface area contributed by atoms with Crippen LogP contribution in [0.1, 0.15) is 27.0 Å². The summed E-state index contributed by atoms with van der Waals surface area (Å²) in [5.74, 6) is 6.02. The van der Waals surface area contributed by atoms with Gasteiger partial charge < -0.3 is 30.4 Å². The van der Waals surface area contributed by atoms with Gasteiger partial charge in [0, 0.05) is 49.4 Å². The number of hydrogen-bond acceptors (Lipinski definition) is 7. The van der Waals surface area contributed by atoms with E-state index in [0.29, 0.717) is 22.7 Å². The molecule has 3 aliphatic heterocycles. The molecular formula is C26H26N6O5. The molecule has 3 heterocycles. The molecule has 11 nitrogen and oxygen atoms in total. The molecule has 37 heavy (non-hydrogen) atoms. The van der Waals surface area contributed by atoms with Crippen molar-refractivity contribution in [1.82, 2.24) is 25.8 Å². The fraction of sp³-hybridized carbons (Fsp3) is 0.308. The summed E-state index contributed by atoms with van der Waals surface area (Å²) in [4.78, 5) is 41.4. The van der Waals surface area contributed by atoms with E-state index >= 15 is 0 Å². The third-order valence-corrected chi connectivity index (χ3v) is 6.64. The van der Waals surface area contributed by atoms with Gasteiger partial charge in [-0.3, -0.25) is 14.9 Å². The van der Waals surface area contributed by atoms with Crippen LogP contribution < -0.4 is 20.7 Å². The number of carbonyl (C=O) groups is 3. The number of rotatable bonds is 4. The van der Waals surface area contributed by atoms with Gasteiger partial charge in [0.25, 0.3) is 11.8 Å². The molecule has 2 saturated heterocycles. The third-order valence-electron chi connectivity index (χ3n) is 6.64. The first kappa shape index (κ1) is 24.1. The van der Waals surface area contributed by atoms with Gasteiger partial charge in [-0.2, -0.15) is 0 Å². The molecule has 190 valence electrons. The SMILES string of the molecule is COc1ccc2c(c1)C(=O)N(CC1(C#Cc3ccc(C(=NO)N4CCNCC4)cc3)NC(=O)NC1=O)C2. The number of oxime groups is 1. The molecule has 2 aromatic carbocycles. The van der Waals surface area contributed by atoms with E-state index in [9.17, 15) is 19.6 Å². The van der Waals surface area contributed by atoms with Crippen LogP contribution in [0.25, 0.3) is 0 Å². The summed E-state index contributed by atoms with van der Waals surface area (Å²) < 4.78 is 5.22. The highest BCUT2D eigenvalue weighted by Gasteiger charge is 2.48. The molecule has 0 bridgehead atoms. The van der Waals surface area contributed by atoms with Crippen molar-refractivity contribution in [1.29, 1.82) is 0 Å². The molecule has 4 amide bonds. The summed E-state index contributed by atoms with van der Waals surface area (Å²) in [5, 5.41) is 21.1. The molecule has 0 spiro atoms. The largest absolute Gasteiger partial charge is 0.497 e. The molecule has 0 radical (unpaired) electrons. The van der Waals surface area contributed by atoms with Gasteiger partial charge in [0.05, 0.1) is 13.7 Å². The van der Waals surface area contributed by atoms with Gasteiger partial charge in [0.15, 0.2) is 5.84 Å². The molecule has 0 aliphatic carbocycles. The van der Waals surface area contributed by atoms with E-state index in [2.05, 4.69) is 32.9 Å². The highest BCUT2D eigenvalue weighted by molar-refractivity contribution is 6.10. The minimum absolute atomic E-state index is 0.115. The lowest BCUT2D eigenvalue weighted by Crippen LogP contribution is -2.54. The lowest BCUT2D eigenvalue weighted by molar-refractivity contribution is -0.122. The number of fused-ring (bicyclic) bond motifs is 1. The number of methoxy groups -OCH3 is 1. The highest BCUT2D eigenvalue weighted by atomic mass is 16.5. The maximum Gasteiger partial charge on any atom is 0.323 e. The van der Waals surface area contributed by atoms with Gasteiger partial charge in [0.1, 0.15) is 5.75 Å². The third kappa shape index (κ3) is 4.66. The van der Waals surface area contributed by atoms with Crippen LogP contribution in [0.5, 0.6) is 5.75 Å². The number of benzene rings is 2. The standard InChI is InChI=1S/C26H26N6O5/c1-37-20-7-6-19-15-32(23(33)21(19)14-20)16-26(24(34)28-25(35)29-26)9-8-17-2-4-18(5-3-17)22(30-36)31-12-10-27-11-13-31/h2-7,14,27,36H,10-13,15-16H2,1H3,(H2,28,29,34,35). The number of piperazine rings is 1. The van der Waals surface area contributed by atoms with Crippen molar-refractivity contribution in [2.75, 3.05) is 39.8 Å². The monoisotopic (exact) mass is 502 g/mol. The molecule has 2 fully saturated rings. The van der Waals surface area contributed by atoms with E-state index < -0.39 is 17.5 Å². The van der Waals surface area contributed by atoms with Crippen LogP contribution in [-0.4, -0.2) is 84.1 Å². The molecule has 1 atom stereocenters. The highest BCUT2D eigenvalue weighted by Crippen LogP contribution is 2.28. The van der Waals surface area contributed by atoms with Crippen molar-refractivity contribution < 1.29 is 24.3 Å². The maximum absolute atomic E-state index is 13.1. The number of imide groups is 1. The van der Waals surface area contributed by atoms with Gasteiger partial charge in [-0.25, -0.2) is 4.79 Å². The predicted molar refractivity (Wildman–Crippen MR) is 133 cm³/mol. The molecule has 0 saturated carbocycles. The number of carbonyl (C=O) groups excluding carboxylic acids is 3. The van der Waals surface area contributed by atoms with Crippen molar-refractivity contribution in [2.24, 2.45) is 5.16 Å². The first-order valence-corrected chi connectivity index (χ1v) is 11.8. The Kier molecular flexibility index (Phi) is 6.42. The summed E-state index contributed by atoms with van der Waals surface area (Å²) in [5.41, 5.74) is 1.02. The Morgan fingerprint density at radius 1 is 1.14 bits per heavy atom. The van der Waals surface area contributed by atoms with Crippen molar-refractivity contribution >= 4 is 23.7 Å². The van der Waals surface area contributed by atoms with Crippen molar-refractivity contribution in [3.8, 4) is 17.6 Å². The number of hydrogen-bond donors (Lipinski definition) is 4. The average Bonchev–Trinajstić information content (AvgIpc) is 3.38. The van der Waals surface area contributed by atoms with Crippen molar-refractivity contribution in [3.05, 3.63) is 64.7 Å². The fourth-order valence-corrected chi connectivity index (χ4v) is 4.67. The average molecular weight is 503 g/mol. The summed E-state index contributed by atoms with van der Waals surface area (Å²) in [6, 6.07) is 11.7. The zero-order valence-corrected chi connectivity index (χ0v) is 20.2. The van der Waals surface area contributed by atoms with Crippen LogP contribution in [0, 0.1) is 11.8 Å². The summed E-state index contributed by atoms with van der Waals surface area (Å²) >= 11 is 0. The van der Waals surface area contributed by atoms with E-state index in [4.69, 9.17) is 4.74 Å². The number of ether oxygens (including phenoxy) is 1. The topological polar surface area (TPSA) is 136 Å². The van der Waals surface area contributed by atoms with Crippen LogP contribution in [-0.2, 0) is 11.3 Å². The Hall–Kier alpha value is -4.56. The predicted octanol–water partition coefficient (Wildman–Crippen LogP) is 0.322. The molecule has 11 heteroatoms. The quantitative estimate of drug-likeness (QED) is 0.118. The van der Waals surface area contributed by atoms with Crippen LogP contribution in [0.4, 0.5) is 4.79 Å². The molecular weight excluding hydrogens is 476 g/mol. The number of urea groups is 1. The molecule has 2 aromatic rings. The smallest absolute Gasteiger partial charge is 0.323 e. The minimum Gasteiger partial charge on any atom is -0.497 e. The zero-order valence-electron chi connectivity index (χ0n) is 20.2. The van der Waals surface area contributed by atoms with Gasteiger partial charge in [-0.1, -0.05) is 23.1 Å². The van der Waals surface area contributed by atoms with E-state index in [1.165, 1.54) is 12.0 Å². The number of nitrogens with one attached hydrogen (secondary N) is 3. The Morgan fingerprint density at radius 2 is 1.89 bits per heavy atom. The van der Waals surface area contributed by atoms with Gasteiger partial charge in [-0.15, -0.1) is 0 Å². The molecule has 0 aromatic heterocycles. The number of nitrogens with zero attached hydrogens (tertiary/aromatic N) is 3. The van der Waals surface area contributed by atoms with E-state index in [-0.39, 0.29) is 19.0 Å². The molecule has 3 aliphatic rings. The summed E-state index contributed by atoms with van der Waals surface area (Å²) in [6.45, 7) is 3.23. The van der Waals surface area contributed by atoms with Gasteiger partial charge in [0.2, 0.25) is 5.54 Å². The Labute approximate surface area is 213 Å². The first-order valence-electron chi connectivity index (χ1n) is 11.8. The second-order valence-electron chi connectivity index (χ2n) is 8.99. The lowest BCUT2D eigenvalue weighted by atomic mass is 9.99. The molecule has 4 N–H and O–H groups in total. The van der Waals surface area contributed by atoms with Crippen molar-refractivity contribution in [2.45, 2.75) is 12.1 Å². The van der Waals surface area contributed by atoms with E-state index in [1.54, 1.807) is 36.4 Å². The van der Waals surface area contributed by atoms with E-state index in [1.807, 2.05) is 11.0 Å². The number of amidine groups is 1. The summed E-state index contributed by atoms with van der Waals surface area (Å²) in [7, 11) is 1.52. The lowest BCUT2D eigenvalue weighted by Gasteiger charge is -2.29. The number of amides is 4. The molecule has 5 rings (SSSR count). The maximum atomic E-state index is 13.1. The Morgan fingerprint density at radius 3 is 2.54 bits per heavy atom. The Bertz CT molecular complexity index is 1340. The van der Waals surface area contributed by atoms with Crippen molar-refractivity contribution in [3.63, 3.8) is 0 Å². The Balaban J connectivity index is 1.37. The van der Waals surface area contributed by atoms with E-state index in [0.717, 1.165) is 37.3 Å². The normalized spacial score (nSPS) is 21.2. The summed E-state index contributed by atoms with van der Waals surface area (Å²) in [6.07, 6.45) is 0. The minimum atomic E-state index is -1.60. The fourth-order valence-electron chi connectivity index (χ4n) is 4.67. The van der Waals surface area contributed by atoms with Crippen LogP contribution in [0.2, 0.25) is 0 Å². The van der Waals surface area contributed by atoms with Crippen LogP contribution in [0.15, 0.2) is 47.6 Å². The van der Waals surface area contributed by atoms with Gasteiger partial charge >= 0.3 is 6.03 Å².